The molecule has 12 heavy (non-hydrogen) atoms. The fourth-order valence-corrected chi connectivity index (χ4v) is 1.55. The molecule has 4 nitrogen and oxygen atoms in total. The molecule has 1 aliphatic rings. The first kappa shape index (κ1) is 7.34. The van der Waals surface area contributed by atoms with E-state index < -0.39 is 0 Å². The largest absolute Gasteiger partial charge is 0.344 e. The Balaban J connectivity index is 2.28. The van der Waals surface area contributed by atoms with Crippen LogP contribution in [-0.4, -0.2) is 27.8 Å². The van der Waals surface area contributed by atoms with E-state index in [1.807, 2.05) is 6.92 Å². The number of H-pyrrole nitrogens is 1. The molecule has 0 saturated carbocycles. The standard InChI is InChI=1S/C8H11N3O/c1-6-9-7-2-3-11(5-12)4-8(7)10-6/h5H,2-4H2,1H3,(H,9,10). The highest BCUT2D eigenvalue weighted by molar-refractivity contribution is 5.48. The second-order valence-electron chi connectivity index (χ2n) is 3.07. The summed E-state index contributed by atoms with van der Waals surface area (Å²) in [6, 6.07) is 0. The number of amides is 1. The predicted molar refractivity (Wildman–Crippen MR) is 43.5 cm³/mol. The van der Waals surface area contributed by atoms with Crippen molar-refractivity contribution in [3.05, 3.63) is 17.2 Å². The summed E-state index contributed by atoms with van der Waals surface area (Å²) in [5, 5.41) is 0. The van der Waals surface area contributed by atoms with Crippen molar-refractivity contribution in [2.24, 2.45) is 0 Å². The Morgan fingerprint density at radius 3 is 3.25 bits per heavy atom. The minimum atomic E-state index is 0.680. The molecule has 4 heteroatoms. The van der Waals surface area contributed by atoms with Crippen molar-refractivity contribution in [1.29, 1.82) is 0 Å². The summed E-state index contributed by atoms with van der Waals surface area (Å²) in [5.41, 5.74) is 2.21. The van der Waals surface area contributed by atoms with Crippen LogP contribution < -0.4 is 0 Å². The molecule has 0 aliphatic carbocycles. The maximum absolute atomic E-state index is 10.5. The highest BCUT2D eigenvalue weighted by Gasteiger charge is 2.17. The molecule has 0 spiro atoms. The number of carbonyl (C=O) groups excluding carboxylic acids is 1. The highest BCUT2D eigenvalue weighted by atomic mass is 16.1. The number of nitrogens with zero attached hydrogens (tertiary/aromatic N) is 2. The van der Waals surface area contributed by atoms with Crippen LogP contribution in [0.1, 0.15) is 17.2 Å². The molecule has 1 aliphatic heterocycles. The fraction of sp³-hybridized carbons (Fsp3) is 0.500. The van der Waals surface area contributed by atoms with Gasteiger partial charge in [-0.15, -0.1) is 0 Å². The van der Waals surface area contributed by atoms with Crippen molar-refractivity contribution in [2.45, 2.75) is 19.9 Å². The van der Waals surface area contributed by atoms with Gasteiger partial charge in [-0.1, -0.05) is 0 Å². The van der Waals surface area contributed by atoms with E-state index in [0.29, 0.717) is 6.54 Å². The molecule has 0 saturated heterocycles. The van der Waals surface area contributed by atoms with E-state index in [9.17, 15) is 4.79 Å². The number of imidazole rings is 1. The van der Waals surface area contributed by atoms with E-state index in [1.165, 1.54) is 0 Å². The number of aromatic nitrogens is 2. The number of hydrogen-bond acceptors (Lipinski definition) is 2. The third kappa shape index (κ3) is 1.09. The Bertz CT molecular complexity index is 305. The molecule has 64 valence electrons. The molecule has 1 N–H and O–H groups in total. The molecule has 2 heterocycles. The molecule has 0 bridgehead atoms. The topological polar surface area (TPSA) is 49.0 Å². The van der Waals surface area contributed by atoms with Gasteiger partial charge in [-0.2, -0.15) is 0 Å². The molecule has 1 amide bonds. The van der Waals surface area contributed by atoms with Gasteiger partial charge in [0.1, 0.15) is 5.82 Å². The van der Waals surface area contributed by atoms with Crippen LogP contribution in [0.25, 0.3) is 0 Å². The van der Waals surface area contributed by atoms with Crippen molar-refractivity contribution >= 4 is 6.41 Å². The molecular weight excluding hydrogens is 154 g/mol. The normalized spacial score (nSPS) is 15.9. The number of nitrogens with one attached hydrogen (secondary N) is 1. The molecule has 0 atom stereocenters. The minimum Gasteiger partial charge on any atom is -0.344 e. The second kappa shape index (κ2) is 2.62. The summed E-state index contributed by atoms with van der Waals surface area (Å²) in [6.07, 6.45) is 1.76. The lowest BCUT2D eigenvalue weighted by Gasteiger charge is -2.21. The summed E-state index contributed by atoms with van der Waals surface area (Å²) in [6.45, 7) is 3.41. The monoisotopic (exact) mass is 165 g/mol. The first-order valence-electron chi connectivity index (χ1n) is 4.03. The van der Waals surface area contributed by atoms with Gasteiger partial charge in [-0.05, 0) is 6.92 Å². The van der Waals surface area contributed by atoms with Crippen LogP contribution >= 0.6 is 0 Å². The van der Waals surface area contributed by atoms with Crippen LogP contribution in [0.4, 0.5) is 0 Å². The molecular formula is C8H11N3O. The first-order valence-corrected chi connectivity index (χ1v) is 4.03. The van der Waals surface area contributed by atoms with Gasteiger partial charge < -0.3 is 9.88 Å². The Morgan fingerprint density at radius 1 is 1.67 bits per heavy atom. The number of carbonyl (C=O) groups is 1. The van der Waals surface area contributed by atoms with Gasteiger partial charge in [0.25, 0.3) is 0 Å². The van der Waals surface area contributed by atoms with E-state index in [2.05, 4.69) is 9.97 Å². The Morgan fingerprint density at radius 2 is 2.50 bits per heavy atom. The van der Waals surface area contributed by atoms with Crippen LogP contribution in [0.15, 0.2) is 0 Å². The quantitative estimate of drug-likeness (QED) is 0.606. The Kier molecular flexibility index (Phi) is 1.60. The van der Waals surface area contributed by atoms with Crippen LogP contribution in [0.3, 0.4) is 0 Å². The van der Waals surface area contributed by atoms with Crippen LogP contribution in [0.5, 0.6) is 0 Å². The summed E-state index contributed by atoms with van der Waals surface area (Å²) in [5.74, 6) is 0.938. The van der Waals surface area contributed by atoms with Gasteiger partial charge in [0.05, 0.1) is 17.9 Å². The third-order valence-electron chi connectivity index (χ3n) is 2.13. The van der Waals surface area contributed by atoms with Gasteiger partial charge in [0, 0.05) is 13.0 Å². The van der Waals surface area contributed by atoms with Gasteiger partial charge in [-0.25, -0.2) is 4.98 Å². The van der Waals surface area contributed by atoms with E-state index in [-0.39, 0.29) is 0 Å². The van der Waals surface area contributed by atoms with Gasteiger partial charge in [0.15, 0.2) is 0 Å². The molecule has 0 aromatic carbocycles. The lowest BCUT2D eigenvalue weighted by Crippen LogP contribution is -2.29. The van der Waals surface area contributed by atoms with Crippen LogP contribution in [0.2, 0.25) is 0 Å². The average Bonchev–Trinajstić information content (AvgIpc) is 2.43. The number of fused-ring (bicyclic) bond motifs is 1. The zero-order valence-electron chi connectivity index (χ0n) is 7.00. The second-order valence-corrected chi connectivity index (χ2v) is 3.07. The van der Waals surface area contributed by atoms with E-state index in [4.69, 9.17) is 0 Å². The average molecular weight is 165 g/mol. The van der Waals surface area contributed by atoms with Gasteiger partial charge in [-0.3, -0.25) is 4.79 Å². The molecule has 1 aromatic heterocycles. The van der Waals surface area contributed by atoms with Crippen molar-refractivity contribution in [3.8, 4) is 0 Å². The zero-order valence-corrected chi connectivity index (χ0v) is 7.00. The molecule has 0 fully saturated rings. The number of aromatic amines is 1. The first-order chi connectivity index (χ1) is 5.79. The van der Waals surface area contributed by atoms with E-state index in [1.54, 1.807) is 4.90 Å². The lowest BCUT2D eigenvalue weighted by molar-refractivity contribution is -0.118. The Labute approximate surface area is 70.6 Å². The molecule has 2 rings (SSSR count). The smallest absolute Gasteiger partial charge is 0.210 e. The molecule has 1 aromatic rings. The third-order valence-corrected chi connectivity index (χ3v) is 2.13. The van der Waals surface area contributed by atoms with Gasteiger partial charge in [0.2, 0.25) is 6.41 Å². The number of hydrogen-bond donors (Lipinski definition) is 1. The highest BCUT2D eigenvalue weighted by Crippen LogP contribution is 2.14. The van der Waals surface area contributed by atoms with E-state index in [0.717, 1.165) is 36.6 Å². The molecule has 0 radical (unpaired) electrons. The summed E-state index contributed by atoms with van der Waals surface area (Å²) in [4.78, 5) is 19.7. The Hall–Kier alpha value is -1.32. The fourth-order valence-electron chi connectivity index (χ4n) is 1.55. The zero-order chi connectivity index (χ0) is 8.55. The lowest BCUT2D eigenvalue weighted by atomic mass is 10.2. The number of aryl methyl sites for hydroxylation is 1. The SMILES string of the molecule is Cc1nc2c([nH]1)CN(C=O)CC2. The summed E-state index contributed by atoms with van der Waals surface area (Å²) < 4.78 is 0. The van der Waals surface area contributed by atoms with Crippen molar-refractivity contribution in [2.75, 3.05) is 6.54 Å². The van der Waals surface area contributed by atoms with E-state index >= 15 is 0 Å². The van der Waals surface area contributed by atoms with Crippen LogP contribution in [0, 0.1) is 6.92 Å². The maximum Gasteiger partial charge on any atom is 0.210 e. The summed E-state index contributed by atoms with van der Waals surface area (Å²) in [7, 11) is 0. The van der Waals surface area contributed by atoms with Gasteiger partial charge >= 0.3 is 0 Å². The van der Waals surface area contributed by atoms with Crippen molar-refractivity contribution in [3.63, 3.8) is 0 Å². The predicted octanol–water partition coefficient (Wildman–Crippen LogP) is 0.233. The van der Waals surface area contributed by atoms with Crippen molar-refractivity contribution < 1.29 is 4.79 Å². The van der Waals surface area contributed by atoms with Crippen LogP contribution in [-0.2, 0) is 17.8 Å². The number of rotatable bonds is 1. The van der Waals surface area contributed by atoms with Crippen molar-refractivity contribution in [1.82, 2.24) is 14.9 Å². The summed E-state index contributed by atoms with van der Waals surface area (Å²) >= 11 is 0. The molecule has 0 unspecified atom stereocenters. The maximum atomic E-state index is 10.5. The minimum absolute atomic E-state index is 0.680.